The maximum absolute atomic E-state index is 12.7. The highest BCUT2D eigenvalue weighted by Crippen LogP contribution is 2.20. The van der Waals surface area contributed by atoms with Gasteiger partial charge < -0.3 is 15.3 Å². The van der Waals surface area contributed by atoms with Gasteiger partial charge in [-0.25, -0.2) is 0 Å². The van der Waals surface area contributed by atoms with Gasteiger partial charge in [0.2, 0.25) is 0 Å². The molecule has 0 rings (SSSR count). The van der Waals surface area contributed by atoms with Crippen molar-refractivity contribution in [3.8, 4) is 0 Å². The smallest absolute Gasteiger partial charge is 0.178 e. The lowest BCUT2D eigenvalue weighted by molar-refractivity contribution is -0.165. The normalized spacial score (nSPS) is 13.8. The Kier molecular flexibility index (Phi) is 31.2. The van der Waals surface area contributed by atoms with Gasteiger partial charge in [-0.1, -0.05) is 167 Å². The summed E-state index contributed by atoms with van der Waals surface area (Å²) in [6.45, 7) is 3.58. The van der Waals surface area contributed by atoms with Gasteiger partial charge in [0.1, 0.15) is 0 Å². The largest absolute Gasteiger partial charge is 0.393 e. The molecule has 0 saturated heterocycles. The van der Waals surface area contributed by atoms with Crippen molar-refractivity contribution >= 4 is 11.6 Å². The summed E-state index contributed by atoms with van der Waals surface area (Å²) in [6.07, 6.45) is 36.3. The second-order valence-electron chi connectivity index (χ2n) is 13.4. The maximum atomic E-state index is 12.7. The van der Waals surface area contributed by atoms with E-state index in [9.17, 15) is 24.9 Å². The zero-order chi connectivity index (χ0) is 32.6. The second kappa shape index (κ2) is 31.9. The van der Waals surface area contributed by atoms with Crippen molar-refractivity contribution in [3.05, 3.63) is 12.2 Å². The lowest BCUT2D eigenvalue weighted by atomic mass is 9.85. The minimum atomic E-state index is -2.38. The quantitative estimate of drug-likeness (QED) is 0.0483. The SMILES string of the molecule is CCCCCCCCC=CCCCCCCCC(=O)C(O)C(O)(CO)C(=O)CCCCCCCCCCCCCCCCC. The molecule has 0 bridgehead atoms. The zero-order valence-electron chi connectivity index (χ0n) is 29.3. The van der Waals surface area contributed by atoms with Crippen molar-refractivity contribution in [1.29, 1.82) is 0 Å². The van der Waals surface area contributed by atoms with Gasteiger partial charge in [-0.05, 0) is 38.5 Å². The third kappa shape index (κ3) is 24.2. The number of Topliss-reactive ketones (excluding diaryl/α,β-unsaturated/α-hetero) is 2. The van der Waals surface area contributed by atoms with Gasteiger partial charge in [0.05, 0.1) is 6.61 Å². The van der Waals surface area contributed by atoms with E-state index in [2.05, 4.69) is 26.0 Å². The highest BCUT2D eigenvalue weighted by molar-refractivity contribution is 5.96. The molecule has 0 radical (unpaired) electrons. The van der Waals surface area contributed by atoms with Crippen LogP contribution in [0.1, 0.15) is 206 Å². The zero-order valence-corrected chi connectivity index (χ0v) is 29.3. The van der Waals surface area contributed by atoms with Crippen LogP contribution in [0.3, 0.4) is 0 Å². The molecule has 0 aliphatic rings. The van der Waals surface area contributed by atoms with Crippen LogP contribution in [0, 0.1) is 0 Å². The summed E-state index contributed by atoms with van der Waals surface area (Å²) in [5, 5.41) is 30.9. The lowest BCUT2D eigenvalue weighted by Crippen LogP contribution is -2.55. The van der Waals surface area contributed by atoms with Crippen molar-refractivity contribution < 1.29 is 24.9 Å². The molecular weight excluding hydrogens is 548 g/mol. The minimum absolute atomic E-state index is 0.0764. The van der Waals surface area contributed by atoms with Crippen molar-refractivity contribution in [2.75, 3.05) is 6.61 Å². The van der Waals surface area contributed by atoms with Gasteiger partial charge in [-0.2, -0.15) is 0 Å². The van der Waals surface area contributed by atoms with Crippen LogP contribution in [0.2, 0.25) is 0 Å². The Labute approximate surface area is 273 Å². The van der Waals surface area contributed by atoms with E-state index in [-0.39, 0.29) is 12.8 Å². The summed E-state index contributed by atoms with van der Waals surface area (Å²) in [7, 11) is 0. The van der Waals surface area contributed by atoms with E-state index in [1.54, 1.807) is 0 Å². The van der Waals surface area contributed by atoms with Crippen molar-refractivity contribution in [3.63, 3.8) is 0 Å². The van der Waals surface area contributed by atoms with Gasteiger partial charge in [-0.15, -0.1) is 0 Å². The first-order chi connectivity index (χ1) is 21.4. The van der Waals surface area contributed by atoms with E-state index >= 15 is 0 Å². The minimum Gasteiger partial charge on any atom is -0.393 e. The monoisotopic (exact) mass is 623 g/mol. The topological polar surface area (TPSA) is 94.8 Å². The molecular formula is C39H74O5. The Bertz CT molecular complexity index is 675. The van der Waals surface area contributed by atoms with Crippen molar-refractivity contribution in [2.45, 2.75) is 218 Å². The Balaban J connectivity index is 3.84. The second-order valence-corrected chi connectivity index (χ2v) is 13.4. The third-order valence-electron chi connectivity index (χ3n) is 9.17. The summed E-state index contributed by atoms with van der Waals surface area (Å²) in [5.41, 5.74) is -2.38. The number of aliphatic hydroxyl groups is 3. The molecule has 2 unspecified atom stereocenters. The number of unbranched alkanes of at least 4 members (excludes halogenated alkanes) is 25. The number of allylic oxidation sites excluding steroid dienone is 2. The van der Waals surface area contributed by atoms with Crippen LogP contribution < -0.4 is 0 Å². The fourth-order valence-corrected chi connectivity index (χ4v) is 5.97. The van der Waals surface area contributed by atoms with Gasteiger partial charge >= 0.3 is 0 Å². The van der Waals surface area contributed by atoms with Gasteiger partial charge in [0, 0.05) is 12.8 Å². The average molecular weight is 623 g/mol. The van der Waals surface area contributed by atoms with Gasteiger partial charge in [-0.3, -0.25) is 9.59 Å². The molecule has 5 heteroatoms. The molecule has 0 spiro atoms. The van der Waals surface area contributed by atoms with Crippen LogP contribution >= 0.6 is 0 Å². The molecule has 260 valence electrons. The van der Waals surface area contributed by atoms with Crippen LogP contribution in [-0.2, 0) is 9.59 Å². The number of rotatable bonds is 35. The summed E-state index contributed by atoms with van der Waals surface area (Å²) < 4.78 is 0. The first kappa shape index (κ1) is 43.0. The predicted molar refractivity (Wildman–Crippen MR) is 187 cm³/mol. The molecule has 0 saturated carbocycles. The molecule has 0 aliphatic heterocycles. The summed E-state index contributed by atoms with van der Waals surface area (Å²) in [4.78, 5) is 25.2. The predicted octanol–water partition coefficient (Wildman–Crippen LogP) is 10.5. The Morgan fingerprint density at radius 2 is 0.841 bits per heavy atom. The molecule has 44 heavy (non-hydrogen) atoms. The van der Waals surface area contributed by atoms with E-state index in [1.807, 2.05) is 0 Å². The number of ketones is 2. The van der Waals surface area contributed by atoms with Gasteiger partial charge in [0.15, 0.2) is 23.3 Å². The highest BCUT2D eigenvalue weighted by atomic mass is 16.4. The van der Waals surface area contributed by atoms with Crippen LogP contribution in [0.5, 0.6) is 0 Å². The molecule has 0 heterocycles. The molecule has 0 amide bonds. The molecule has 0 fully saturated rings. The molecule has 2 atom stereocenters. The molecule has 3 N–H and O–H groups in total. The summed E-state index contributed by atoms with van der Waals surface area (Å²) >= 11 is 0. The van der Waals surface area contributed by atoms with Crippen LogP contribution in [-0.4, -0.2) is 45.2 Å². The van der Waals surface area contributed by atoms with Crippen molar-refractivity contribution in [1.82, 2.24) is 0 Å². The van der Waals surface area contributed by atoms with E-state index in [1.165, 1.54) is 116 Å². The molecule has 0 aromatic carbocycles. The first-order valence-electron chi connectivity index (χ1n) is 19.2. The number of carbonyl (C=O) groups excluding carboxylic acids is 2. The van der Waals surface area contributed by atoms with E-state index in [0.717, 1.165) is 51.4 Å². The van der Waals surface area contributed by atoms with Crippen LogP contribution in [0.4, 0.5) is 0 Å². The number of hydrogen-bond acceptors (Lipinski definition) is 5. The Morgan fingerprint density at radius 3 is 1.20 bits per heavy atom. The number of aliphatic hydroxyl groups excluding tert-OH is 2. The summed E-state index contributed by atoms with van der Waals surface area (Å²) in [5.74, 6) is -1.18. The molecule has 0 aromatic rings. The lowest BCUT2D eigenvalue weighted by Gasteiger charge is -2.29. The van der Waals surface area contributed by atoms with Crippen LogP contribution in [0.15, 0.2) is 12.2 Å². The Morgan fingerprint density at radius 1 is 0.523 bits per heavy atom. The van der Waals surface area contributed by atoms with Crippen LogP contribution in [0.25, 0.3) is 0 Å². The fourth-order valence-electron chi connectivity index (χ4n) is 5.97. The molecule has 0 aliphatic carbocycles. The summed E-state index contributed by atoms with van der Waals surface area (Å²) in [6, 6.07) is 0. The van der Waals surface area contributed by atoms with Gasteiger partial charge in [0.25, 0.3) is 0 Å². The van der Waals surface area contributed by atoms with Crippen molar-refractivity contribution in [2.24, 2.45) is 0 Å². The Hall–Kier alpha value is -1.04. The maximum Gasteiger partial charge on any atom is 0.178 e. The molecule has 5 nitrogen and oxygen atoms in total. The van der Waals surface area contributed by atoms with E-state index in [4.69, 9.17) is 0 Å². The standard InChI is InChI=1S/C39H74O5/c1-3-5-7-9-11-13-15-17-19-21-23-25-27-29-31-33-36(41)38(43)39(44,35-40)37(42)34-32-30-28-26-24-22-20-18-16-14-12-10-8-6-4-2/h17,19,38,40,43-44H,3-16,18,20-35H2,1-2H3. The van der Waals surface area contributed by atoms with E-state index < -0.39 is 29.9 Å². The first-order valence-corrected chi connectivity index (χ1v) is 19.2. The number of hydrogen-bond donors (Lipinski definition) is 3. The number of carbonyl (C=O) groups is 2. The average Bonchev–Trinajstić information content (AvgIpc) is 3.03. The fraction of sp³-hybridized carbons (Fsp3) is 0.897. The third-order valence-corrected chi connectivity index (χ3v) is 9.17. The highest BCUT2D eigenvalue weighted by Gasteiger charge is 2.45. The van der Waals surface area contributed by atoms with E-state index in [0.29, 0.717) is 12.8 Å². The molecule has 0 aromatic heterocycles.